The summed E-state index contributed by atoms with van der Waals surface area (Å²) in [4.78, 5) is 39.0. The highest BCUT2D eigenvalue weighted by molar-refractivity contribution is 7.10. The fraction of sp³-hybridized carbons (Fsp3) is 0.450. The average Bonchev–Trinajstić information content (AvgIpc) is 3.09. The lowest BCUT2D eigenvalue weighted by atomic mass is 10.1. The first-order valence-electron chi connectivity index (χ1n) is 9.08. The van der Waals surface area contributed by atoms with Gasteiger partial charge in [0.2, 0.25) is 5.43 Å². The summed E-state index contributed by atoms with van der Waals surface area (Å²) in [6.07, 6.45) is 3.06. The number of pyridine rings is 1. The lowest BCUT2D eigenvalue weighted by Gasteiger charge is -2.16. The van der Waals surface area contributed by atoms with E-state index in [0.717, 1.165) is 4.88 Å². The van der Waals surface area contributed by atoms with E-state index in [1.807, 2.05) is 52.1 Å². The van der Waals surface area contributed by atoms with Crippen molar-refractivity contribution in [3.8, 4) is 0 Å². The lowest BCUT2D eigenvalue weighted by Crippen LogP contribution is -2.38. The molecule has 0 bridgehead atoms. The van der Waals surface area contributed by atoms with Crippen molar-refractivity contribution in [2.24, 2.45) is 5.92 Å². The monoisotopic (exact) mass is 389 g/mol. The van der Waals surface area contributed by atoms with Crippen LogP contribution in [0.25, 0.3) is 0 Å². The first-order valence-corrected chi connectivity index (χ1v) is 9.96. The Morgan fingerprint density at radius 3 is 2.11 bits per heavy atom. The number of hydrogen-bond donors (Lipinski definition) is 2. The van der Waals surface area contributed by atoms with Crippen LogP contribution in [0.1, 0.15) is 66.3 Å². The number of nitrogens with one attached hydrogen (secondary N) is 2. The molecular formula is C20H27N3O3S. The third-order valence-corrected chi connectivity index (χ3v) is 4.94. The van der Waals surface area contributed by atoms with E-state index < -0.39 is 17.2 Å². The molecule has 146 valence electrons. The van der Waals surface area contributed by atoms with Crippen LogP contribution in [0.5, 0.6) is 0 Å². The summed E-state index contributed by atoms with van der Waals surface area (Å²) < 4.78 is 1.74. The average molecular weight is 390 g/mol. The van der Waals surface area contributed by atoms with Gasteiger partial charge >= 0.3 is 0 Å². The van der Waals surface area contributed by atoms with Gasteiger partial charge in [-0.3, -0.25) is 14.4 Å². The van der Waals surface area contributed by atoms with Crippen molar-refractivity contribution in [3.63, 3.8) is 0 Å². The van der Waals surface area contributed by atoms with E-state index in [0.29, 0.717) is 12.5 Å². The SMILES string of the molecule is CC(C)Cn1cc(C(=O)NC(C)C)c(=O)c(C(=O)NC(C)c2cccs2)c1. The van der Waals surface area contributed by atoms with Crippen molar-refractivity contribution in [1.29, 1.82) is 0 Å². The molecule has 0 saturated carbocycles. The summed E-state index contributed by atoms with van der Waals surface area (Å²) in [7, 11) is 0. The zero-order chi connectivity index (χ0) is 20.1. The van der Waals surface area contributed by atoms with Crippen molar-refractivity contribution >= 4 is 23.2 Å². The lowest BCUT2D eigenvalue weighted by molar-refractivity contribution is 0.0938. The summed E-state index contributed by atoms with van der Waals surface area (Å²) in [5.74, 6) is -0.638. The number of carbonyl (C=O) groups excluding carboxylic acids is 2. The molecule has 0 aromatic carbocycles. The number of nitrogens with zero attached hydrogens (tertiary/aromatic N) is 1. The molecule has 0 radical (unpaired) electrons. The van der Waals surface area contributed by atoms with Gasteiger partial charge < -0.3 is 15.2 Å². The van der Waals surface area contributed by atoms with Crippen LogP contribution in [-0.4, -0.2) is 22.4 Å². The molecule has 2 heterocycles. The Balaban J connectivity index is 2.39. The summed E-state index contributed by atoms with van der Waals surface area (Å²) >= 11 is 1.54. The minimum absolute atomic E-state index is 0.0132. The normalized spacial score (nSPS) is 12.3. The fourth-order valence-electron chi connectivity index (χ4n) is 2.70. The van der Waals surface area contributed by atoms with Crippen molar-refractivity contribution in [3.05, 3.63) is 56.1 Å². The van der Waals surface area contributed by atoms with Crippen LogP contribution < -0.4 is 16.1 Å². The molecule has 6 nitrogen and oxygen atoms in total. The number of hydrogen-bond acceptors (Lipinski definition) is 4. The molecule has 2 aromatic heterocycles. The number of aromatic nitrogens is 1. The van der Waals surface area contributed by atoms with Gasteiger partial charge in [0.1, 0.15) is 11.1 Å². The zero-order valence-electron chi connectivity index (χ0n) is 16.4. The Morgan fingerprint density at radius 1 is 1.04 bits per heavy atom. The van der Waals surface area contributed by atoms with Crippen LogP contribution in [0.2, 0.25) is 0 Å². The number of amides is 2. The third kappa shape index (κ3) is 5.53. The molecule has 0 spiro atoms. The standard InChI is InChI=1S/C20H27N3O3S/c1-12(2)9-23-10-15(19(25)21-13(3)4)18(24)16(11-23)20(26)22-14(5)17-7-6-8-27-17/h6-8,10-14H,9H2,1-5H3,(H,21,25)(H,22,26). The zero-order valence-corrected chi connectivity index (χ0v) is 17.2. The summed E-state index contributed by atoms with van der Waals surface area (Å²) in [6.45, 7) is 10.2. The second kappa shape index (κ2) is 8.99. The molecule has 0 aliphatic heterocycles. The van der Waals surface area contributed by atoms with Gasteiger partial charge in [-0.25, -0.2) is 0 Å². The molecule has 0 aliphatic carbocycles. The van der Waals surface area contributed by atoms with Crippen molar-refractivity contribution in [2.75, 3.05) is 0 Å². The topological polar surface area (TPSA) is 80.2 Å². The van der Waals surface area contributed by atoms with Gasteiger partial charge in [0.25, 0.3) is 11.8 Å². The van der Waals surface area contributed by atoms with E-state index in [-0.39, 0.29) is 23.2 Å². The van der Waals surface area contributed by atoms with Gasteiger partial charge in [0.15, 0.2) is 0 Å². The predicted molar refractivity (Wildman–Crippen MR) is 108 cm³/mol. The van der Waals surface area contributed by atoms with Gasteiger partial charge in [-0.1, -0.05) is 19.9 Å². The molecule has 0 fully saturated rings. The Bertz CT molecular complexity index is 854. The second-order valence-corrected chi connectivity index (χ2v) is 8.32. The fourth-order valence-corrected chi connectivity index (χ4v) is 3.44. The van der Waals surface area contributed by atoms with E-state index in [2.05, 4.69) is 10.6 Å². The van der Waals surface area contributed by atoms with E-state index in [4.69, 9.17) is 0 Å². The van der Waals surface area contributed by atoms with Crippen LogP contribution >= 0.6 is 11.3 Å². The molecular weight excluding hydrogens is 362 g/mol. The first-order chi connectivity index (χ1) is 12.7. The van der Waals surface area contributed by atoms with Crippen LogP contribution in [0.3, 0.4) is 0 Å². The Kier molecular flexibility index (Phi) is 6.96. The minimum atomic E-state index is -0.552. The molecule has 27 heavy (non-hydrogen) atoms. The summed E-state index contributed by atoms with van der Waals surface area (Å²) in [5, 5.41) is 7.52. The minimum Gasteiger partial charge on any atom is -0.352 e. The van der Waals surface area contributed by atoms with Gasteiger partial charge in [-0.2, -0.15) is 0 Å². The van der Waals surface area contributed by atoms with Crippen LogP contribution in [0.4, 0.5) is 0 Å². The smallest absolute Gasteiger partial charge is 0.257 e. The number of thiophene rings is 1. The second-order valence-electron chi connectivity index (χ2n) is 7.34. The quantitative estimate of drug-likeness (QED) is 0.763. The first kappa shape index (κ1) is 20.9. The van der Waals surface area contributed by atoms with E-state index in [1.165, 1.54) is 23.7 Å². The van der Waals surface area contributed by atoms with Crippen LogP contribution in [0.15, 0.2) is 34.7 Å². The van der Waals surface area contributed by atoms with Gasteiger partial charge in [0, 0.05) is 29.9 Å². The molecule has 7 heteroatoms. The molecule has 0 saturated heterocycles. The van der Waals surface area contributed by atoms with Crippen molar-refractivity contribution in [1.82, 2.24) is 15.2 Å². The summed E-state index contributed by atoms with van der Waals surface area (Å²) in [5.41, 5.74) is -0.583. The van der Waals surface area contributed by atoms with Crippen molar-refractivity contribution < 1.29 is 9.59 Å². The van der Waals surface area contributed by atoms with Gasteiger partial charge in [-0.15, -0.1) is 11.3 Å². The largest absolute Gasteiger partial charge is 0.352 e. The van der Waals surface area contributed by atoms with E-state index >= 15 is 0 Å². The summed E-state index contributed by atoms with van der Waals surface area (Å²) in [6, 6.07) is 3.52. The maximum Gasteiger partial charge on any atom is 0.257 e. The maximum atomic E-state index is 12.8. The van der Waals surface area contributed by atoms with Gasteiger partial charge in [0.05, 0.1) is 6.04 Å². The molecule has 0 aliphatic rings. The highest BCUT2D eigenvalue weighted by Gasteiger charge is 2.21. The van der Waals surface area contributed by atoms with E-state index in [9.17, 15) is 14.4 Å². The Morgan fingerprint density at radius 2 is 1.63 bits per heavy atom. The maximum absolute atomic E-state index is 12.8. The van der Waals surface area contributed by atoms with Crippen LogP contribution in [-0.2, 0) is 6.54 Å². The number of carbonyl (C=O) groups is 2. The molecule has 2 N–H and O–H groups in total. The Hall–Kier alpha value is -2.41. The Labute approximate surface area is 163 Å². The molecule has 1 atom stereocenters. The third-order valence-electron chi connectivity index (χ3n) is 3.88. The molecule has 2 amide bonds. The predicted octanol–water partition coefficient (Wildman–Crippen LogP) is 3.20. The van der Waals surface area contributed by atoms with Crippen LogP contribution in [0, 0.1) is 5.92 Å². The van der Waals surface area contributed by atoms with Gasteiger partial charge in [-0.05, 0) is 38.1 Å². The van der Waals surface area contributed by atoms with Crippen molar-refractivity contribution in [2.45, 2.75) is 53.2 Å². The number of rotatable bonds is 7. The van der Waals surface area contributed by atoms with E-state index in [1.54, 1.807) is 4.57 Å². The molecule has 1 unspecified atom stereocenters. The highest BCUT2D eigenvalue weighted by atomic mass is 32.1. The highest BCUT2D eigenvalue weighted by Crippen LogP contribution is 2.18. The molecule has 2 aromatic rings. The molecule has 2 rings (SSSR count).